The van der Waals surface area contributed by atoms with E-state index in [0.29, 0.717) is 18.2 Å². The summed E-state index contributed by atoms with van der Waals surface area (Å²) in [6.45, 7) is 0. The number of nitrogens with zero attached hydrogens (tertiary/aromatic N) is 4. The highest BCUT2D eigenvalue weighted by atomic mass is 16.3. The first kappa shape index (κ1) is 23.2. The number of aromatic nitrogens is 4. The van der Waals surface area contributed by atoms with Crippen LogP contribution in [0.3, 0.4) is 0 Å². The molecule has 0 radical (unpaired) electrons. The summed E-state index contributed by atoms with van der Waals surface area (Å²) in [5.74, 6) is 1.78. The van der Waals surface area contributed by atoms with Gasteiger partial charge in [-0.15, -0.1) is 0 Å². The summed E-state index contributed by atoms with van der Waals surface area (Å²) < 4.78 is 2.06. The third-order valence-corrected chi connectivity index (χ3v) is 8.41. The molecule has 0 bridgehead atoms. The van der Waals surface area contributed by atoms with Crippen molar-refractivity contribution in [3.8, 4) is 0 Å². The van der Waals surface area contributed by atoms with Gasteiger partial charge in [0.05, 0.1) is 23.0 Å². The molecule has 0 saturated heterocycles. The summed E-state index contributed by atoms with van der Waals surface area (Å²) in [6.07, 6.45) is 9.01. The van der Waals surface area contributed by atoms with Gasteiger partial charge in [0.1, 0.15) is 29.7 Å². The molecule has 2 aliphatic rings. The second-order valence-corrected chi connectivity index (χ2v) is 10.5. The summed E-state index contributed by atoms with van der Waals surface area (Å²) in [7, 11) is 1.87. The fourth-order valence-corrected chi connectivity index (χ4v) is 6.41. The van der Waals surface area contributed by atoms with Crippen molar-refractivity contribution in [1.82, 2.24) is 19.5 Å². The van der Waals surface area contributed by atoms with Gasteiger partial charge in [0.25, 0.3) is 0 Å². The highest BCUT2D eigenvalue weighted by molar-refractivity contribution is 5.90. The lowest BCUT2D eigenvalue weighted by Crippen LogP contribution is -2.29. The van der Waals surface area contributed by atoms with Crippen LogP contribution in [0, 0.1) is 5.92 Å². The van der Waals surface area contributed by atoms with E-state index in [0.717, 1.165) is 53.4 Å². The van der Waals surface area contributed by atoms with Crippen LogP contribution < -0.4 is 11.1 Å². The van der Waals surface area contributed by atoms with Gasteiger partial charge in [-0.25, -0.2) is 15.0 Å². The third-order valence-electron chi connectivity index (χ3n) is 8.41. The first-order chi connectivity index (χ1) is 17.5. The topological polar surface area (TPSA) is 122 Å². The van der Waals surface area contributed by atoms with Crippen molar-refractivity contribution in [2.75, 3.05) is 18.1 Å². The van der Waals surface area contributed by atoms with E-state index in [9.17, 15) is 10.2 Å². The third kappa shape index (κ3) is 3.98. The van der Waals surface area contributed by atoms with Crippen LogP contribution in [-0.2, 0) is 6.42 Å². The Morgan fingerprint density at radius 2 is 1.89 bits per heavy atom. The number of aliphatic hydroxyl groups is 2. The molecule has 3 heterocycles. The van der Waals surface area contributed by atoms with E-state index in [1.54, 1.807) is 0 Å². The molecule has 36 heavy (non-hydrogen) atoms. The van der Waals surface area contributed by atoms with Crippen LogP contribution in [0.5, 0.6) is 0 Å². The predicted molar refractivity (Wildman–Crippen MR) is 142 cm³/mol. The number of nitrogens with two attached hydrogens (primary N) is 1. The van der Waals surface area contributed by atoms with Gasteiger partial charge in [0.15, 0.2) is 0 Å². The number of aliphatic hydroxyl groups excluding tert-OH is 2. The quantitative estimate of drug-likeness (QED) is 0.322. The molecule has 4 aromatic rings. The lowest BCUT2D eigenvalue weighted by atomic mass is 9.95. The van der Waals surface area contributed by atoms with Crippen LogP contribution in [0.4, 0.5) is 11.6 Å². The van der Waals surface area contributed by atoms with Crippen molar-refractivity contribution in [2.45, 2.75) is 69.1 Å². The highest BCUT2D eigenvalue weighted by Crippen LogP contribution is 2.44. The normalized spacial score (nSPS) is 24.8. The first-order valence-electron chi connectivity index (χ1n) is 13.1. The number of aryl methyl sites for hydroxylation is 1. The van der Waals surface area contributed by atoms with Gasteiger partial charge in [-0.05, 0) is 73.3 Å². The molecule has 188 valence electrons. The summed E-state index contributed by atoms with van der Waals surface area (Å²) >= 11 is 0. The molecular formula is C28H34N6O2. The van der Waals surface area contributed by atoms with Crippen molar-refractivity contribution in [2.24, 2.45) is 5.92 Å². The first-order valence-corrected chi connectivity index (χ1v) is 13.1. The number of fused-ring (bicyclic) bond motifs is 2. The maximum Gasteiger partial charge on any atom is 0.146 e. The number of hydrogen-bond donors (Lipinski definition) is 4. The SMILES string of the molecule is CNc1ccc2ccc(CC[C@H]3C[C@@H](n4cc(C5CCCC5)c5c(N)ncnc54)[C@H](O)[C@@H]3O)cc2n1. The Kier molecular flexibility index (Phi) is 6.01. The van der Waals surface area contributed by atoms with Gasteiger partial charge in [-0.3, -0.25) is 0 Å². The van der Waals surface area contributed by atoms with Crippen molar-refractivity contribution in [3.63, 3.8) is 0 Å². The van der Waals surface area contributed by atoms with Crippen LogP contribution in [0.2, 0.25) is 0 Å². The molecule has 0 spiro atoms. The largest absolute Gasteiger partial charge is 0.390 e. The van der Waals surface area contributed by atoms with E-state index < -0.39 is 12.2 Å². The second-order valence-electron chi connectivity index (χ2n) is 10.5. The van der Waals surface area contributed by atoms with Gasteiger partial charge < -0.3 is 25.8 Å². The zero-order valence-electron chi connectivity index (χ0n) is 20.6. The minimum atomic E-state index is -0.852. The molecule has 2 saturated carbocycles. The molecule has 1 aromatic carbocycles. The maximum atomic E-state index is 11.1. The van der Waals surface area contributed by atoms with E-state index in [2.05, 4.69) is 55.3 Å². The molecule has 4 atom stereocenters. The van der Waals surface area contributed by atoms with Gasteiger partial charge in [-0.1, -0.05) is 25.0 Å². The molecule has 8 nitrogen and oxygen atoms in total. The number of nitrogens with one attached hydrogen (secondary N) is 1. The van der Waals surface area contributed by atoms with Gasteiger partial charge >= 0.3 is 0 Å². The molecule has 2 aliphatic carbocycles. The fourth-order valence-electron chi connectivity index (χ4n) is 6.41. The smallest absolute Gasteiger partial charge is 0.146 e. The molecular weight excluding hydrogens is 452 g/mol. The molecule has 0 unspecified atom stereocenters. The molecule has 3 aromatic heterocycles. The maximum absolute atomic E-state index is 11.1. The van der Waals surface area contributed by atoms with Crippen LogP contribution in [-0.4, -0.2) is 49.0 Å². The van der Waals surface area contributed by atoms with Crippen molar-refractivity contribution in [3.05, 3.63) is 54.0 Å². The van der Waals surface area contributed by atoms with E-state index in [1.807, 2.05) is 13.1 Å². The molecule has 0 amide bonds. The van der Waals surface area contributed by atoms with Gasteiger partial charge in [-0.2, -0.15) is 0 Å². The molecule has 0 aliphatic heterocycles. The van der Waals surface area contributed by atoms with Crippen molar-refractivity contribution in [1.29, 1.82) is 0 Å². The fraction of sp³-hybridized carbons (Fsp3) is 0.464. The average Bonchev–Trinajstić information content (AvgIpc) is 3.62. The predicted octanol–water partition coefficient (Wildman–Crippen LogP) is 4.18. The van der Waals surface area contributed by atoms with E-state index >= 15 is 0 Å². The molecule has 2 fully saturated rings. The second kappa shape index (κ2) is 9.33. The average molecular weight is 487 g/mol. The standard InChI is InChI=1S/C28H34N6O2/c1-30-23-11-10-18-8-6-16(12-21(18)33-23)7-9-19-13-22(26(36)25(19)35)34-14-20(17-4-2-3-5-17)24-27(29)31-15-32-28(24)34/h6,8,10-12,14-15,17,19,22,25-26,35-36H,2-5,7,9,13H2,1H3,(H,30,33)(H2,29,31,32)/t19-,22+,25+,26-/m0/s1. The van der Waals surface area contributed by atoms with Crippen molar-refractivity contribution >= 4 is 33.6 Å². The number of anilines is 2. The Hall–Kier alpha value is -3.23. The number of rotatable bonds is 6. The minimum absolute atomic E-state index is 0.0103. The lowest BCUT2D eigenvalue weighted by molar-refractivity contribution is 0.00543. The minimum Gasteiger partial charge on any atom is -0.390 e. The number of hydrogen-bond acceptors (Lipinski definition) is 7. The van der Waals surface area contributed by atoms with E-state index in [4.69, 9.17) is 5.73 Å². The van der Waals surface area contributed by atoms with Crippen LogP contribution >= 0.6 is 0 Å². The van der Waals surface area contributed by atoms with Gasteiger partial charge in [0.2, 0.25) is 0 Å². The molecule has 5 N–H and O–H groups in total. The molecule has 6 rings (SSSR count). The lowest BCUT2D eigenvalue weighted by Gasteiger charge is -2.19. The number of benzene rings is 1. The summed E-state index contributed by atoms with van der Waals surface area (Å²) in [6, 6.07) is 10.1. The number of nitrogen functional groups attached to an aromatic ring is 1. The van der Waals surface area contributed by atoms with E-state index in [-0.39, 0.29) is 12.0 Å². The van der Waals surface area contributed by atoms with E-state index in [1.165, 1.54) is 30.3 Å². The Bertz CT molecular complexity index is 1400. The van der Waals surface area contributed by atoms with Crippen LogP contribution in [0.25, 0.3) is 21.9 Å². The van der Waals surface area contributed by atoms with Crippen molar-refractivity contribution < 1.29 is 10.2 Å². The monoisotopic (exact) mass is 486 g/mol. The highest BCUT2D eigenvalue weighted by Gasteiger charge is 2.43. The Morgan fingerprint density at radius 1 is 1.08 bits per heavy atom. The Balaban J connectivity index is 1.24. The Morgan fingerprint density at radius 3 is 2.69 bits per heavy atom. The zero-order valence-corrected chi connectivity index (χ0v) is 20.6. The zero-order chi connectivity index (χ0) is 24.8. The Labute approximate surface area is 210 Å². The molecule has 8 heteroatoms. The summed E-state index contributed by atoms with van der Waals surface area (Å²) in [4.78, 5) is 13.5. The van der Waals surface area contributed by atoms with Gasteiger partial charge in [0, 0.05) is 18.6 Å². The number of pyridine rings is 1. The van der Waals surface area contributed by atoms with Crippen LogP contribution in [0.15, 0.2) is 42.9 Å². The summed E-state index contributed by atoms with van der Waals surface area (Å²) in [5, 5.41) is 27.2. The van der Waals surface area contributed by atoms with Crippen LogP contribution in [0.1, 0.15) is 61.6 Å². The summed E-state index contributed by atoms with van der Waals surface area (Å²) in [5.41, 5.74) is 10.4.